The van der Waals surface area contributed by atoms with Gasteiger partial charge in [0.2, 0.25) is 0 Å². The third-order valence-corrected chi connectivity index (χ3v) is 2.91. The first-order valence-electron chi connectivity index (χ1n) is 7.13. The normalized spacial score (nSPS) is 9.35. The van der Waals surface area contributed by atoms with Crippen molar-refractivity contribution in [3.05, 3.63) is 43.5 Å². The molecule has 1 aromatic heterocycles. The van der Waals surface area contributed by atoms with Crippen molar-refractivity contribution in [1.82, 2.24) is 10.2 Å². The molecule has 0 aliphatic heterocycles. The molecule has 0 spiro atoms. The zero-order valence-corrected chi connectivity index (χ0v) is 12.9. The number of nitrogens with two attached hydrogens (primary N) is 1. The number of aromatic nitrogens is 2. The molecule has 0 atom stereocenters. The minimum absolute atomic E-state index is 0.122. The van der Waals surface area contributed by atoms with Gasteiger partial charge in [-0.05, 0) is 25.0 Å². The number of phenols is 1. The number of aromatic hydroxyl groups is 1. The number of nitriles is 1. The second-order valence-corrected chi connectivity index (χ2v) is 4.46. The summed E-state index contributed by atoms with van der Waals surface area (Å²) in [7, 11) is 0. The van der Waals surface area contributed by atoms with Crippen LogP contribution in [0.2, 0.25) is 0 Å². The van der Waals surface area contributed by atoms with Gasteiger partial charge in [-0.2, -0.15) is 5.26 Å². The predicted octanol–water partition coefficient (Wildman–Crippen LogP) is 3.31. The molecule has 6 nitrogen and oxygen atoms in total. The van der Waals surface area contributed by atoms with Crippen LogP contribution in [0.25, 0.3) is 11.3 Å². The Morgan fingerprint density at radius 1 is 1.22 bits per heavy atom. The van der Waals surface area contributed by atoms with Crippen molar-refractivity contribution in [3.8, 4) is 28.8 Å². The van der Waals surface area contributed by atoms with Gasteiger partial charge in [-0.3, -0.25) is 0 Å². The van der Waals surface area contributed by atoms with Crippen molar-refractivity contribution >= 4 is 5.82 Å². The highest BCUT2D eigenvalue weighted by Gasteiger charge is 2.10. The van der Waals surface area contributed by atoms with Gasteiger partial charge in [0.05, 0.1) is 12.7 Å². The third-order valence-electron chi connectivity index (χ3n) is 2.91. The highest BCUT2D eigenvalue weighted by molar-refractivity contribution is 5.68. The van der Waals surface area contributed by atoms with E-state index in [-0.39, 0.29) is 11.6 Å². The van der Waals surface area contributed by atoms with Crippen LogP contribution < -0.4 is 10.5 Å². The molecule has 0 amide bonds. The van der Waals surface area contributed by atoms with E-state index in [0.29, 0.717) is 30.0 Å². The Morgan fingerprint density at radius 2 is 1.96 bits per heavy atom. The second kappa shape index (κ2) is 9.79. The lowest BCUT2D eigenvalue weighted by Crippen LogP contribution is -2.04. The summed E-state index contributed by atoms with van der Waals surface area (Å²) in [5.41, 5.74) is 6.80. The second-order valence-electron chi connectivity index (χ2n) is 4.46. The molecule has 0 unspecified atom stereocenters. The number of unbranched alkanes of at least 4 members (excludes halogenated alkanes) is 2. The van der Waals surface area contributed by atoms with Crippen LogP contribution in [0.1, 0.15) is 19.3 Å². The molecule has 2 aromatic rings. The summed E-state index contributed by atoms with van der Waals surface area (Å²) >= 11 is 0. The van der Waals surface area contributed by atoms with Crippen molar-refractivity contribution in [2.24, 2.45) is 0 Å². The van der Waals surface area contributed by atoms with E-state index in [1.54, 1.807) is 30.3 Å². The lowest BCUT2D eigenvalue weighted by atomic mass is 10.1. The molecular weight excluding hydrogens is 292 g/mol. The monoisotopic (exact) mass is 312 g/mol. The number of phenolic OH excluding ortho intramolecular Hbond substituents is 1. The molecule has 6 heteroatoms. The first kappa shape index (κ1) is 18.0. The summed E-state index contributed by atoms with van der Waals surface area (Å²) < 4.78 is 5.57. The molecule has 1 aromatic carbocycles. The SMILES string of the molecule is C=C.N#CCCCCOc1cc(-c2ccccc2O)nnc1N. The van der Waals surface area contributed by atoms with E-state index >= 15 is 0 Å². The van der Waals surface area contributed by atoms with E-state index in [4.69, 9.17) is 15.7 Å². The van der Waals surface area contributed by atoms with Crippen LogP contribution in [0.3, 0.4) is 0 Å². The number of para-hydroxylation sites is 1. The fraction of sp³-hybridized carbons (Fsp3) is 0.235. The molecule has 120 valence electrons. The molecule has 0 aliphatic carbocycles. The average Bonchev–Trinajstić information content (AvgIpc) is 2.59. The van der Waals surface area contributed by atoms with Crippen LogP contribution in [0.5, 0.6) is 11.5 Å². The minimum atomic E-state index is 0.122. The maximum atomic E-state index is 9.83. The maximum absolute atomic E-state index is 9.83. The molecule has 0 radical (unpaired) electrons. The Kier molecular flexibility index (Phi) is 7.65. The van der Waals surface area contributed by atoms with Gasteiger partial charge in [-0.25, -0.2) is 0 Å². The number of hydrogen-bond donors (Lipinski definition) is 2. The standard InChI is InChI=1S/C15H16N4O2.C2H4/c16-8-4-1-5-9-21-14-10-12(18-19-15(14)17)11-6-2-3-7-13(11)20;1-2/h2-3,6-7,10,20H,1,4-5,9H2,(H2,17,19);1-2H2. The quantitative estimate of drug-likeness (QED) is 0.626. The minimum Gasteiger partial charge on any atom is -0.507 e. The van der Waals surface area contributed by atoms with Crippen molar-refractivity contribution in [2.45, 2.75) is 19.3 Å². The van der Waals surface area contributed by atoms with E-state index in [1.165, 1.54) is 0 Å². The lowest BCUT2D eigenvalue weighted by Gasteiger charge is -2.09. The summed E-state index contributed by atoms with van der Waals surface area (Å²) in [5, 5.41) is 26.1. The molecule has 0 fully saturated rings. The molecule has 3 N–H and O–H groups in total. The van der Waals surface area contributed by atoms with Crippen LogP contribution in [0, 0.1) is 11.3 Å². The van der Waals surface area contributed by atoms with E-state index < -0.39 is 0 Å². The zero-order valence-electron chi connectivity index (χ0n) is 12.9. The fourth-order valence-corrected chi connectivity index (χ4v) is 1.81. The first-order valence-corrected chi connectivity index (χ1v) is 7.13. The molecular formula is C17H20N4O2. The summed E-state index contributed by atoms with van der Waals surface area (Å²) in [6, 6.07) is 10.6. The van der Waals surface area contributed by atoms with Gasteiger partial charge in [0, 0.05) is 18.1 Å². The fourth-order valence-electron chi connectivity index (χ4n) is 1.81. The Hall–Kier alpha value is -3.07. The summed E-state index contributed by atoms with van der Waals surface area (Å²) in [5.74, 6) is 0.756. The van der Waals surface area contributed by atoms with Crippen molar-refractivity contribution in [3.63, 3.8) is 0 Å². The third kappa shape index (κ3) is 5.32. The van der Waals surface area contributed by atoms with Crippen LogP contribution >= 0.6 is 0 Å². The van der Waals surface area contributed by atoms with Crippen molar-refractivity contribution in [1.29, 1.82) is 5.26 Å². The molecule has 0 saturated heterocycles. The van der Waals surface area contributed by atoms with Gasteiger partial charge in [0.25, 0.3) is 0 Å². The number of hydrogen-bond acceptors (Lipinski definition) is 6. The topological polar surface area (TPSA) is 105 Å². The number of anilines is 1. The van der Waals surface area contributed by atoms with Crippen molar-refractivity contribution < 1.29 is 9.84 Å². The van der Waals surface area contributed by atoms with E-state index in [9.17, 15) is 5.11 Å². The summed E-state index contributed by atoms with van der Waals surface area (Å²) in [6.07, 6.45) is 2.05. The Labute approximate surface area is 135 Å². The van der Waals surface area contributed by atoms with Crippen LogP contribution in [0.15, 0.2) is 43.5 Å². The predicted molar refractivity (Wildman–Crippen MR) is 89.8 cm³/mol. The van der Waals surface area contributed by atoms with Gasteiger partial charge in [-0.1, -0.05) is 12.1 Å². The summed E-state index contributed by atoms with van der Waals surface area (Å²) in [6.45, 7) is 6.46. The zero-order chi connectivity index (χ0) is 17.1. The average molecular weight is 312 g/mol. The van der Waals surface area contributed by atoms with Gasteiger partial charge >= 0.3 is 0 Å². The first-order chi connectivity index (χ1) is 11.2. The van der Waals surface area contributed by atoms with E-state index in [2.05, 4.69) is 29.4 Å². The Morgan fingerprint density at radius 3 is 2.65 bits per heavy atom. The highest BCUT2D eigenvalue weighted by atomic mass is 16.5. The van der Waals surface area contributed by atoms with Gasteiger partial charge in [0.15, 0.2) is 11.6 Å². The number of nitrogens with zero attached hydrogens (tertiary/aromatic N) is 3. The van der Waals surface area contributed by atoms with Gasteiger partial charge in [0.1, 0.15) is 11.4 Å². The Balaban J connectivity index is 0.00000127. The number of ether oxygens (including phenoxy) is 1. The van der Waals surface area contributed by atoms with Gasteiger partial charge < -0.3 is 15.6 Å². The largest absolute Gasteiger partial charge is 0.507 e. The van der Waals surface area contributed by atoms with E-state index in [1.807, 2.05) is 0 Å². The molecule has 23 heavy (non-hydrogen) atoms. The summed E-state index contributed by atoms with van der Waals surface area (Å²) in [4.78, 5) is 0. The molecule has 2 rings (SSSR count). The van der Waals surface area contributed by atoms with E-state index in [0.717, 1.165) is 12.8 Å². The van der Waals surface area contributed by atoms with Crippen LogP contribution in [-0.2, 0) is 0 Å². The molecule has 0 aliphatic rings. The highest BCUT2D eigenvalue weighted by Crippen LogP contribution is 2.30. The van der Waals surface area contributed by atoms with Crippen LogP contribution in [0.4, 0.5) is 5.82 Å². The van der Waals surface area contributed by atoms with Gasteiger partial charge in [-0.15, -0.1) is 23.4 Å². The number of nitrogen functional groups attached to an aromatic ring is 1. The number of rotatable bonds is 6. The lowest BCUT2D eigenvalue weighted by molar-refractivity contribution is 0.308. The smallest absolute Gasteiger partial charge is 0.188 e. The van der Waals surface area contributed by atoms with Crippen molar-refractivity contribution in [2.75, 3.05) is 12.3 Å². The Bertz CT molecular complexity index is 668. The molecule has 0 bridgehead atoms. The molecule has 1 heterocycles. The maximum Gasteiger partial charge on any atom is 0.188 e. The van der Waals surface area contributed by atoms with Crippen LogP contribution in [-0.4, -0.2) is 21.9 Å². The molecule has 0 saturated carbocycles. The number of benzene rings is 1.